The molecule has 0 aromatic heterocycles. The van der Waals surface area contributed by atoms with Gasteiger partial charge in [-0.25, -0.2) is 9.79 Å². The van der Waals surface area contributed by atoms with Gasteiger partial charge in [0, 0.05) is 22.7 Å². The second-order valence-corrected chi connectivity index (χ2v) is 11.0. The number of amidine groups is 1. The van der Waals surface area contributed by atoms with Crippen molar-refractivity contribution in [1.82, 2.24) is 4.90 Å². The van der Waals surface area contributed by atoms with E-state index in [1.165, 1.54) is 28.8 Å². The zero-order valence-corrected chi connectivity index (χ0v) is 24.7. The van der Waals surface area contributed by atoms with Crippen LogP contribution in [0.5, 0.6) is 11.5 Å². The molecule has 0 unspecified atom stereocenters. The zero-order valence-electron chi connectivity index (χ0n) is 20.2. The molecule has 3 aromatic rings. The first kappa shape index (κ1) is 28.3. The number of carboxylic acids is 1. The molecule has 0 spiro atoms. The van der Waals surface area contributed by atoms with Crippen LogP contribution in [-0.2, 0) is 11.4 Å². The van der Waals surface area contributed by atoms with Crippen molar-refractivity contribution in [1.29, 1.82) is 0 Å². The van der Waals surface area contributed by atoms with Crippen LogP contribution in [0.1, 0.15) is 28.4 Å². The third-order valence-corrected chi connectivity index (χ3v) is 7.79. The van der Waals surface area contributed by atoms with Crippen molar-refractivity contribution >= 4 is 86.4 Å². The van der Waals surface area contributed by atoms with Crippen LogP contribution in [0.3, 0.4) is 0 Å². The molecule has 1 aliphatic heterocycles. The van der Waals surface area contributed by atoms with Crippen molar-refractivity contribution in [3.8, 4) is 11.5 Å². The van der Waals surface area contributed by atoms with Gasteiger partial charge in [0.25, 0.3) is 5.91 Å². The Morgan fingerprint density at radius 2 is 1.95 bits per heavy atom. The van der Waals surface area contributed by atoms with Gasteiger partial charge in [-0.1, -0.05) is 35.3 Å². The Kier molecular flexibility index (Phi) is 9.24. The molecule has 11 heteroatoms. The minimum atomic E-state index is -1.04. The number of carboxylic acid groups (broad SMARTS) is 1. The molecule has 196 valence electrons. The molecule has 1 aliphatic rings. The first-order valence-corrected chi connectivity index (χ1v) is 13.9. The number of aliphatic imine (C=N–C) groups is 1. The Bertz CT molecular complexity index is 1480. The summed E-state index contributed by atoms with van der Waals surface area (Å²) in [4.78, 5) is 30.6. The first-order valence-electron chi connectivity index (χ1n) is 11.3. The summed E-state index contributed by atoms with van der Waals surface area (Å²) >= 11 is 15.7. The van der Waals surface area contributed by atoms with Crippen LogP contribution in [0.15, 0.2) is 64.5 Å². The van der Waals surface area contributed by atoms with E-state index in [0.717, 1.165) is 14.7 Å². The second-order valence-electron chi connectivity index (χ2n) is 8.01. The van der Waals surface area contributed by atoms with E-state index in [-0.39, 0.29) is 18.1 Å². The molecule has 1 fully saturated rings. The number of aromatic carboxylic acids is 1. The number of carbonyl (C=O) groups is 2. The molecule has 7 nitrogen and oxygen atoms in total. The first-order chi connectivity index (χ1) is 18.2. The molecule has 0 saturated carbocycles. The zero-order chi connectivity index (χ0) is 27.4. The van der Waals surface area contributed by atoms with E-state index in [1.54, 1.807) is 37.4 Å². The number of hydrogen-bond donors (Lipinski definition) is 1. The minimum absolute atomic E-state index is 0.123. The summed E-state index contributed by atoms with van der Waals surface area (Å²) in [6, 6.07) is 15.2. The van der Waals surface area contributed by atoms with Gasteiger partial charge >= 0.3 is 5.97 Å². The topological polar surface area (TPSA) is 88.4 Å². The molecular weight excluding hydrogens is 662 g/mol. The van der Waals surface area contributed by atoms with Gasteiger partial charge in [-0.05, 0) is 95.4 Å². The fourth-order valence-corrected chi connectivity index (χ4v) is 5.72. The SMILES string of the molecule is CCOc1cc(/C=C2/SC(=Nc3cccc(C(=O)O)c3)N(C)C2=O)cc(I)c1OCc1ccc(Cl)cc1Cl. The molecule has 0 radical (unpaired) electrons. The lowest BCUT2D eigenvalue weighted by Crippen LogP contribution is -2.23. The van der Waals surface area contributed by atoms with Crippen molar-refractivity contribution in [3.05, 3.63) is 89.8 Å². The van der Waals surface area contributed by atoms with Gasteiger partial charge in [0.2, 0.25) is 0 Å². The van der Waals surface area contributed by atoms with Crippen LogP contribution < -0.4 is 9.47 Å². The van der Waals surface area contributed by atoms with Crippen LogP contribution >= 0.6 is 57.6 Å². The van der Waals surface area contributed by atoms with E-state index in [1.807, 2.05) is 25.1 Å². The number of amides is 1. The van der Waals surface area contributed by atoms with E-state index in [2.05, 4.69) is 27.6 Å². The van der Waals surface area contributed by atoms with E-state index < -0.39 is 5.97 Å². The number of hydrogen-bond acceptors (Lipinski definition) is 6. The van der Waals surface area contributed by atoms with Crippen LogP contribution in [0.2, 0.25) is 10.0 Å². The molecule has 3 aromatic carbocycles. The van der Waals surface area contributed by atoms with Crippen LogP contribution in [0.4, 0.5) is 5.69 Å². The van der Waals surface area contributed by atoms with Crippen LogP contribution in [-0.4, -0.2) is 40.7 Å². The molecule has 1 N–H and O–H groups in total. The number of likely N-dealkylation sites (N-methyl/N-ethyl adjacent to an activating group) is 1. The highest BCUT2D eigenvalue weighted by Gasteiger charge is 2.30. The van der Waals surface area contributed by atoms with Crippen molar-refractivity contribution in [2.75, 3.05) is 13.7 Å². The molecule has 4 rings (SSSR count). The highest BCUT2D eigenvalue weighted by Crippen LogP contribution is 2.38. The van der Waals surface area contributed by atoms with Gasteiger partial charge in [-0.3, -0.25) is 9.69 Å². The van der Waals surface area contributed by atoms with Crippen LogP contribution in [0.25, 0.3) is 6.08 Å². The van der Waals surface area contributed by atoms with E-state index in [0.29, 0.717) is 43.9 Å². The molecule has 1 amide bonds. The summed E-state index contributed by atoms with van der Waals surface area (Å²) in [6.07, 6.45) is 1.77. The van der Waals surface area contributed by atoms with Gasteiger partial charge in [-0.15, -0.1) is 0 Å². The fourth-order valence-electron chi connectivity index (χ4n) is 3.48. The van der Waals surface area contributed by atoms with E-state index in [9.17, 15) is 14.7 Å². The Hall–Kier alpha value is -2.73. The largest absolute Gasteiger partial charge is 0.490 e. The standard InChI is InChI=1S/C27H21Cl2IN2O5S/c1-3-36-22-10-15(9-21(30)24(22)37-14-17-7-8-18(28)13-20(17)29)11-23-25(33)32(2)27(38-23)31-19-6-4-5-16(12-19)26(34)35/h4-13H,3,14H2,1-2H3,(H,34,35)/b23-11+,31-27?. The Morgan fingerprint density at radius 1 is 1.16 bits per heavy atom. The lowest BCUT2D eigenvalue weighted by Gasteiger charge is -2.15. The molecule has 0 atom stereocenters. The van der Waals surface area contributed by atoms with Crippen molar-refractivity contribution in [2.45, 2.75) is 13.5 Å². The van der Waals surface area contributed by atoms with E-state index in [4.69, 9.17) is 32.7 Å². The number of halogens is 3. The normalized spacial score (nSPS) is 15.4. The fraction of sp³-hybridized carbons (Fsp3) is 0.148. The number of benzene rings is 3. The Balaban J connectivity index is 1.59. The summed E-state index contributed by atoms with van der Waals surface area (Å²) in [6.45, 7) is 2.54. The highest BCUT2D eigenvalue weighted by molar-refractivity contribution is 14.1. The summed E-state index contributed by atoms with van der Waals surface area (Å²) in [5, 5.41) is 10.7. The maximum Gasteiger partial charge on any atom is 0.335 e. The van der Waals surface area contributed by atoms with Gasteiger partial charge in [0.15, 0.2) is 16.7 Å². The maximum absolute atomic E-state index is 12.9. The maximum atomic E-state index is 12.9. The number of carbonyl (C=O) groups excluding carboxylic acids is 1. The highest BCUT2D eigenvalue weighted by atomic mass is 127. The lowest BCUT2D eigenvalue weighted by molar-refractivity contribution is -0.121. The van der Waals surface area contributed by atoms with Gasteiger partial charge in [0.1, 0.15) is 6.61 Å². The summed E-state index contributed by atoms with van der Waals surface area (Å²) in [5.41, 5.74) is 2.12. The number of nitrogens with zero attached hydrogens (tertiary/aromatic N) is 2. The van der Waals surface area contributed by atoms with Gasteiger partial charge < -0.3 is 14.6 Å². The average Bonchev–Trinajstić information content (AvgIpc) is 3.12. The molecule has 1 saturated heterocycles. The van der Waals surface area contributed by atoms with Crippen molar-refractivity contribution in [2.24, 2.45) is 4.99 Å². The third kappa shape index (κ3) is 6.63. The van der Waals surface area contributed by atoms with Crippen LogP contribution in [0, 0.1) is 3.57 Å². The van der Waals surface area contributed by atoms with Gasteiger partial charge in [-0.2, -0.15) is 0 Å². The number of thioether (sulfide) groups is 1. The molecular formula is C27H21Cl2IN2O5S. The Morgan fingerprint density at radius 3 is 2.66 bits per heavy atom. The smallest absolute Gasteiger partial charge is 0.335 e. The molecule has 1 heterocycles. The van der Waals surface area contributed by atoms with Gasteiger partial charge in [0.05, 0.1) is 26.3 Å². The number of ether oxygens (including phenoxy) is 2. The number of rotatable bonds is 8. The lowest BCUT2D eigenvalue weighted by atomic mass is 10.1. The minimum Gasteiger partial charge on any atom is -0.490 e. The molecule has 0 bridgehead atoms. The summed E-state index contributed by atoms with van der Waals surface area (Å²) in [7, 11) is 1.63. The summed E-state index contributed by atoms with van der Waals surface area (Å²) in [5.74, 6) is -0.142. The monoisotopic (exact) mass is 682 g/mol. The Labute approximate surface area is 247 Å². The third-order valence-electron chi connectivity index (χ3n) is 5.34. The predicted octanol–water partition coefficient (Wildman–Crippen LogP) is 7.51. The van der Waals surface area contributed by atoms with Crippen molar-refractivity contribution < 1.29 is 24.2 Å². The average molecular weight is 683 g/mol. The second kappa shape index (κ2) is 12.4. The molecule has 0 aliphatic carbocycles. The summed E-state index contributed by atoms with van der Waals surface area (Å²) < 4.78 is 12.7. The predicted molar refractivity (Wildman–Crippen MR) is 160 cm³/mol. The van der Waals surface area contributed by atoms with Crippen molar-refractivity contribution in [3.63, 3.8) is 0 Å². The molecule has 38 heavy (non-hydrogen) atoms. The van der Waals surface area contributed by atoms with E-state index >= 15 is 0 Å². The quantitative estimate of drug-likeness (QED) is 0.196.